The molecule has 2 aliphatic carbocycles. The van der Waals surface area contributed by atoms with Crippen LogP contribution in [0, 0.1) is 23.7 Å². The number of aromatic nitrogens is 2. The Morgan fingerprint density at radius 3 is 2.43 bits per heavy atom. The molecule has 2 fully saturated rings. The van der Waals surface area contributed by atoms with Crippen LogP contribution in [0.4, 0.5) is 0 Å². The molecule has 4 rings (SSSR count). The number of fused-ring (bicyclic) bond motifs is 5. The smallest absolute Gasteiger partial charge is 0.233 e. The topological polar surface area (TPSA) is 94.9 Å². The molecule has 2 amide bonds. The van der Waals surface area contributed by atoms with Gasteiger partial charge in [-0.25, -0.2) is 0 Å². The summed E-state index contributed by atoms with van der Waals surface area (Å²) in [6.07, 6.45) is 9.07. The largest absolute Gasteiger partial charge is 0.355 e. The average Bonchev–Trinajstić information content (AvgIpc) is 3.47. The third kappa shape index (κ3) is 3.62. The molecule has 1 aliphatic heterocycles. The minimum atomic E-state index is -0.134. The molecule has 162 valence electrons. The van der Waals surface area contributed by atoms with Crippen LogP contribution in [0.3, 0.4) is 0 Å². The first-order valence-electron chi connectivity index (χ1n) is 10.5. The number of allylic oxidation sites excluding steroid dienone is 2. The van der Waals surface area contributed by atoms with E-state index in [0.717, 1.165) is 12.0 Å². The van der Waals surface area contributed by atoms with Gasteiger partial charge in [-0.15, -0.1) is 0 Å². The number of likely N-dealkylation sites (tertiary alicyclic amines) is 1. The Kier molecular flexibility index (Phi) is 5.64. The van der Waals surface area contributed by atoms with Crippen LogP contribution in [-0.2, 0) is 16.6 Å². The Bertz CT molecular complexity index is 844. The van der Waals surface area contributed by atoms with Crippen molar-refractivity contribution in [3.63, 3.8) is 0 Å². The van der Waals surface area contributed by atoms with Crippen LogP contribution in [0.25, 0.3) is 0 Å². The SMILES string of the molecule is CN=C(NCCN1C(=O)C2C3C=CC(C3)C2C1=O)NCC(c1cnn(C)c1)N(C)C. The minimum Gasteiger partial charge on any atom is -0.355 e. The van der Waals surface area contributed by atoms with Crippen LogP contribution in [0.15, 0.2) is 29.5 Å². The van der Waals surface area contributed by atoms with Crippen LogP contribution in [0.2, 0.25) is 0 Å². The van der Waals surface area contributed by atoms with Crippen LogP contribution in [0.5, 0.6) is 0 Å². The standard InChI is InChI=1S/C21H31N7O2/c1-22-21(24-11-16(26(2)3)15-10-25-27(4)12-15)23-7-8-28-19(29)17-13-5-6-14(9-13)18(17)20(28)30/h5-6,10,12-14,16-18H,7-9,11H2,1-4H3,(H2,22,23,24). The number of nitrogens with zero attached hydrogens (tertiary/aromatic N) is 5. The number of imide groups is 1. The number of likely N-dealkylation sites (N-methyl/N-ethyl adjacent to an activating group) is 1. The van der Waals surface area contributed by atoms with Gasteiger partial charge in [0.05, 0.1) is 24.1 Å². The van der Waals surface area contributed by atoms with Crippen molar-refractivity contribution in [2.75, 3.05) is 40.8 Å². The molecule has 2 heterocycles. The number of carbonyl (C=O) groups is 2. The molecule has 0 radical (unpaired) electrons. The van der Waals surface area contributed by atoms with E-state index in [1.54, 1.807) is 11.7 Å². The monoisotopic (exact) mass is 413 g/mol. The molecule has 9 heteroatoms. The van der Waals surface area contributed by atoms with Gasteiger partial charge in [0.25, 0.3) is 0 Å². The van der Waals surface area contributed by atoms with E-state index in [4.69, 9.17) is 0 Å². The van der Waals surface area contributed by atoms with E-state index in [1.165, 1.54) is 4.90 Å². The van der Waals surface area contributed by atoms with Gasteiger partial charge >= 0.3 is 0 Å². The Morgan fingerprint density at radius 1 is 1.23 bits per heavy atom. The first kappa shape index (κ1) is 20.6. The summed E-state index contributed by atoms with van der Waals surface area (Å²) in [5, 5.41) is 10.8. The normalized spacial score (nSPS) is 28.6. The van der Waals surface area contributed by atoms with E-state index in [9.17, 15) is 9.59 Å². The minimum absolute atomic E-state index is 0.00385. The Balaban J connectivity index is 1.28. The zero-order chi connectivity index (χ0) is 21.4. The van der Waals surface area contributed by atoms with E-state index in [1.807, 2.05) is 33.5 Å². The number of aryl methyl sites for hydroxylation is 1. The lowest BCUT2D eigenvalue weighted by Gasteiger charge is -2.25. The van der Waals surface area contributed by atoms with E-state index >= 15 is 0 Å². The lowest BCUT2D eigenvalue weighted by molar-refractivity contribution is -0.140. The van der Waals surface area contributed by atoms with Gasteiger partial charge in [0.2, 0.25) is 11.8 Å². The molecular formula is C21H31N7O2. The summed E-state index contributed by atoms with van der Waals surface area (Å²) in [4.78, 5) is 33.4. The fourth-order valence-electron chi connectivity index (χ4n) is 5.10. The molecule has 1 aromatic heterocycles. The van der Waals surface area contributed by atoms with Gasteiger partial charge in [-0.1, -0.05) is 12.2 Å². The number of nitrogens with one attached hydrogen (secondary N) is 2. The second-order valence-electron chi connectivity index (χ2n) is 8.63. The van der Waals surface area contributed by atoms with Gasteiger partial charge < -0.3 is 15.5 Å². The molecule has 2 bridgehead atoms. The quantitative estimate of drug-likeness (QED) is 0.283. The van der Waals surface area contributed by atoms with E-state index < -0.39 is 0 Å². The van der Waals surface area contributed by atoms with Crippen LogP contribution in [-0.4, -0.2) is 78.1 Å². The molecule has 0 aromatic carbocycles. The molecule has 0 spiro atoms. The first-order valence-corrected chi connectivity index (χ1v) is 10.5. The van der Waals surface area contributed by atoms with Crippen molar-refractivity contribution >= 4 is 17.8 Å². The molecule has 5 unspecified atom stereocenters. The van der Waals surface area contributed by atoms with Crippen molar-refractivity contribution < 1.29 is 9.59 Å². The summed E-state index contributed by atoms with van der Waals surface area (Å²) in [7, 11) is 7.67. The zero-order valence-corrected chi connectivity index (χ0v) is 18.1. The number of carbonyl (C=O) groups excluding carboxylic acids is 2. The van der Waals surface area contributed by atoms with E-state index in [-0.39, 0.29) is 41.5 Å². The third-order valence-electron chi connectivity index (χ3n) is 6.61. The Labute approximate surface area is 177 Å². The fourth-order valence-corrected chi connectivity index (χ4v) is 5.10. The number of guanidine groups is 1. The highest BCUT2D eigenvalue weighted by atomic mass is 16.2. The summed E-state index contributed by atoms with van der Waals surface area (Å²) < 4.78 is 1.79. The summed E-state index contributed by atoms with van der Waals surface area (Å²) in [6.45, 7) is 1.49. The van der Waals surface area contributed by atoms with Gasteiger partial charge in [-0.05, 0) is 32.4 Å². The zero-order valence-electron chi connectivity index (χ0n) is 18.1. The number of rotatable bonds is 7. The highest BCUT2D eigenvalue weighted by Gasteiger charge is 2.58. The van der Waals surface area contributed by atoms with Crippen molar-refractivity contribution in [2.24, 2.45) is 35.7 Å². The second-order valence-corrected chi connectivity index (χ2v) is 8.63. The van der Waals surface area contributed by atoms with E-state index in [0.29, 0.717) is 25.6 Å². The maximum atomic E-state index is 12.8. The highest BCUT2D eigenvalue weighted by molar-refractivity contribution is 6.06. The van der Waals surface area contributed by atoms with Gasteiger partial charge in [-0.2, -0.15) is 5.10 Å². The van der Waals surface area contributed by atoms with Gasteiger partial charge in [0, 0.05) is 45.5 Å². The lowest BCUT2D eigenvalue weighted by Crippen LogP contribution is -2.45. The van der Waals surface area contributed by atoms with Crippen LogP contribution < -0.4 is 10.6 Å². The van der Waals surface area contributed by atoms with Gasteiger partial charge in [0.1, 0.15) is 0 Å². The first-order chi connectivity index (χ1) is 14.4. The highest BCUT2D eigenvalue weighted by Crippen LogP contribution is 2.52. The van der Waals surface area contributed by atoms with Crippen LogP contribution in [0.1, 0.15) is 18.0 Å². The summed E-state index contributed by atoms with van der Waals surface area (Å²) >= 11 is 0. The Hall–Kier alpha value is -2.68. The number of amides is 2. The van der Waals surface area contributed by atoms with Crippen molar-refractivity contribution in [1.29, 1.82) is 0 Å². The molecule has 30 heavy (non-hydrogen) atoms. The van der Waals surface area contributed by atoms with Crippen molar-refractivity contribution in [2.45, 2.75) is 12.5 Å². The lowest BCUT2D eigenvalue weighted by atomic mass is 9.85. The number of hydrogen-bond acceptors (Lipinski definition) is 5. The predicted molar refractivity (Wildman–Crippen MR) is 113 cm³/mol. The second kappa shape index (κ2) is 8.22. The number of hydrogen-bond donors (Lipinski definition) is 2. The van der Waals surface area contributed by atoms with Crippen molar-refractivity contribution in [1.82, 2.24) is 30.2 Å². The van der Waals surface area contributed by atoms with E-state index in [2.05, 4.69) is 37.8 Å². The molecule has 5 atom stereocenters. The van der Waals surface area contributed by atoms with Gasteiger partial charge in [-0.3, -0.25) is 24.2 Å². The third-order valence-corrected chi connectivity index (χ3v) is 6.61. The molecule has 1 aromatic rings. The molecule has 9 nitrogen and oxygen atoms in total. The predicted octanol–water partition coefficient (Wildman–Crippen LogP) is -0.00510. The van der Waals surface area contributed by atoms with Crippen LogP contribution >= 0.6 is 0 Å². The van der Waals surface area contributed by atoms with Gasteiger partial charge in [0.15, 0.2) is 5.96 Å². The molecule has 1 saturated carbocycles. The molecule has 3 aliphatic rings. The van der Waals surface area contributed by atoms with Crippen molar-refractivity contribution in [3.8, 4) is 0 Å². The number of aliphatic imine (C=N–C) groups is 1. The average molecular weight is 414 g/mol. The Morgan fingerprint density at radius 2 is 1.90 bits per heavy atom. The van der Waals surface area contributed by atoms with Crippen molar-refractivity contribution in [3.05, 3.63) is 30.1 Å². The maximum Gasteiger partial charge on any atom is 0.233 e. The molecule has 1 saturated heterocycles. The molecule has 2 N–H and O–H groups in total. The fraction of sp³-hybridized carbons (Fsp3) is 0.619. The summed E-state index contributed by atoms with van der Waals surface area (Å²) in [6, 6.07) is 0.140. The summed E-state index contributed by atoms with van der Waals surface area (Å²) in [5.74, 6) is 0.868. The maximum absolute atomic E-state index is 12.8. The summed E-state index contributed by atoms with van der Waals surface area (Å²) in [5.41, 5.74) is 1.12. The molecular weight excluding hydrogens is 382 g/mol.